The highest BCUT2D eigenvalue weighted by Gasteiger charge is 2.20. The van der Waals surface area contributed by atoms with Gasteiger partial charge in [-0.1, -0.05) is 48.5 Å². The standard InChI is InChI=1S/C26H33N3O/c1-2-29-20-22(24-12-6-7-13-25(24)29)11-8-14-26(30)27-23-15-17-28(18-16-23)19-21-9-4-3-5-10-21/h3-7,9-10,12-13,20,23H,2,8,11,14-19H2,1H3,(H,27,30). The lowest BCUT2D eigenvalue weighted by Gasteiger charge is -2.32. The van der Waals surface area contributed by atoms with Crippen molar-refractivity contribution in [3.05, 3.63) is 71.9 Å². The van der Waals surface area contributed by atoms with E-state index < -0.39 is 0 Å². The van der Waals surface area contributed by atoms with Crippen LogP contribution in [0.5, 0.6) is 0 Å². The van der Waals surface area contributed by atoms with E-state index in [1.165, 1.54) is 22.0 Å². The highest BCUT2D eigenvalue weighted by Crippen LogP contribution is 2.23. The molecule has 0 spiro atoms. The number of aryl methyl sites for hydroxylation is 2. The van der Waals surface area contributed by atoms with Gasteiger partial charge in [-0.05, 0) is 49.8 Å². The van der Waals surface area contributed by atoms with Crippen molar-refractivity contribution in [2.75, 3.05) is 13.1 Å². The first-order chi connectivity index (χ1) is 14.7. The normalized spacial score (nSPS) is 15.5. The first-order valence-electron chi connectivity index (χ1n) is 11.4. The second kappa shape index (κ2) is 9.94. The Morgan fingerprint density at radius 3 is 2.53 bits per heavy atom. The minimum atomic E-state index is 0.204. The van der Waals surface area contributed by atoms with Gasteiger partial charge >= 0.3 is 0 Å². The predicted molar refractivity (Wildman–Crippen MR) is 123 cm³/mol. The molecule has 4 rings (SSSR count). The van der Waals surface area contributed by atoms with Gasteiger partial charge in [0.2, 0.25) is 5.91 Å². The quantitative estimate of drug-likeness (QED) is 0.588. The summed E-state index contributed by atoms with van der Waals surface area (Å²) in [6.07, 6.45) is 6.80. The number of benzene rings is 2. The van der Waals surface area contributed by atoms with Crippen LogP contribution in [0.15, 0.2) is 60.8 Å². The van der Waals surface area contributed by atoms with Crippen molar-refractivity contribution in [1.29, 1.82) is 0 Å². The molecule has 0 unspecified atom stereocenters. The summed E-state index contributed by atoms with van der Waals surface area (Å²) < 4.78 is 2.30. The lowest BCUT2D eigenvalue weighted by Crippen LogP contribution is -2.44. The summed E-state index contributed by atoms with van der Waals surface area (Å²) >= 11 is 0. The van der Waals surface area contributed by atoms with Crippen LogP contribution in [0, 0.1) is 0 Å². The van der Waals surface area contributed by atoms with Gasteiger partial charge in [0.25, 0.3) is 0 Å². The summed E-state index contributed by atoms with van der Waals surface area (Å²) in [4.78, 5) is 15.0. The van der Waals surface area contributed by atoms with Gasteiger partial charge in [0, 0.05) is 55.7 Å². The third kappa shape index (κ3) is 5.11. The van der Waals surface area contributed by atoms with Crippen molar-refractivity contribution in [1.82, 2.24) is 14.8 Å². The molecule has 0 saturated carbocycles. The fraction of sp³-hybridized carbons (Fsp3) is 0.423. The van der Waals surface area contributed by atoms with Gasteiger partial charge in [0.15, 0.2) is 0 Å². The van der Waals surface area contributed by atoms with E-state index >= 15 is 0 Å². The van der Waals surface area contributed by atoms with Gasteiger partial charge in [0.1, 0.15) is 0 Å². The van der Waals surface area contributed by atoms with Crippen molar-refractivity contribution >= 4 is 16.8 Å². The fourth-order valence-electron chi connectivity index (χ4n) is 4.60. The zero-order chi connectivity index (χ0) is 20.8. The van der Waals surface area contributed by atoms with Crippen molar-refractivity contribution in [2.24, 2.45) is 0 Å². The van der Waals surface area contributed by atoms with Crippen molar-refractivity contribution in [3.63, 3.8) is 0 Å². The van der Waals surface area contributed by atoms with Crippen LogP contribution in [-0.4, -0.2) is 34.5 Å². The molecule has 0 aliphatic carbocycles. The van der Waals surface area contributed by atoms with Gasteiger partial charge in [-0.25, -0.2) is 0 Å². The second-order valence-electron chi connectivity index (χ2n) is 8.41. The molecule has 1 fully saturated rings. The lowest BCUT2D eigenvalue weighted by molar-refractivity contribution is -0.122. The molecular weight excluding hydrogens is 370 g/mol. The van der Waals surface area contributed by atoms with Crippen LogP contribution in [0.2, 0.25) is 0 Å². The number of amides is 1. The highest BCUT2D eigenvalue weighted by molar-refractivity contribution is 5.84. The number of hydrogen-bond acceptors (Lipinski definition) is 2. The molecule has 4 nitrogen and oxygen atoms in total. The Labute approximate surface area is 179 Å². The van der Waals surface area contributed by atoms with Gasteiger partial charge in [-0.15, -0.1) is 0 Å². The fourth-order valence-corrected chi connectivity index (χ4v) is 4.60. The Kier molecular flexibility index (Phi) is 6.85. The van der Waals surface area contributed by atoms with Crippen LogP contribution in [0.1, 0.15) is 43.7 Å². The molecule has 1 aliphatic rings. The molecular formula is C26H33N3O. The maximum atomic E-state index is 12.5. The Morgan fingerprint density at radius 2 is 1.77 bits per heavy atom. The molecule has 30 heavy (non-hydrogen) atoms. The largest absolute Gasteiger partial charge is 0.353 e. The van der Waals surface area contributed by atoms with Gasteiger partial charge < -0.3 is 9.88 Å². The van der Waals surface area contributed by atoms with Gasteiger partial charge in [-0.3, -0.25) is 9.69 Å². The molecule has 1 saturated heterocycles. The molecule has 3 aromatic rings. The first kappa shape index (κ1) is 20.7. The SMILES string of the molecule is CCn1cc(CCCC(=O)NC2CCN(Cc3ccccc3)CC2)c2ccccc21. The number of nitrogens with one attached hydrogen (secondary N) is 1. The summed E-state index contributed by atoms with van der Waals surface area (Å²) in [5.74, 6) is 0.204. The molecule has 0 radical (unpaired) electrons. The molecule has 4 heteroatoms. The van der Waals surface area contributed by atoms with E-state index in [0.717, 1.165) is 51.9 Å². The average Bonchev–Trinajstić information content (AvgIpc) is 3.14. The summed E-state index contributed by atoms with van der Waals surface area (Å²) in [6.45, 7) is 6.26. The number of para-hydroxylation sites is 1. The van der Waals surface area contributed by atoms with E-state index in [-0.39, 0.29) is 5.91 Å². The molecule has 1 aromatic heterocycles. The number of nitrogens with zero attached hydrogens (tertiary/aromatic N) is 2. The Hall–Kier alpha value is -2.59. The van der Waals surface area contributed by atoms with E-state index in [0.29, 0.717) is 12.5 Å². The summed E-state index contributed by atoms with van der Waals surface area (Å²) in [5.41, 5.74) is 4.01. The van der Waals surface area contributed by atoms with Crippen LogP contribution >= 0.6 is 0 Å². The number of carbonyl (C=O) groups excluding carboxylic acids is 1. The monoisotopic (exact) mass is 403 g/mol. The number of fused-ring (bicyclic) bond motifs is 1. The van der Waals surface area contributed by atoms with Crippen LogP contribution in [0.4, 0.5) is 0 Å². The van der Waals surface area contributed by atoms with E-state index in [9.17, 15) is 4.79 Å². The predicted octanol–water partition coefficient (Wildman–Crippen LogP) is 4.76. The molecule has 0 atom stereocenters. The van der Waals surface area contributed by atoms with E-state index in [2.05, 4.69) is 82.5 Å². The first-order valence-corrected chi connectivity index (χ1v) is 11.4. The number of piperidine rings is 1. The van der Waals surface area contributed by atoms with Crippen molar-refractivity contribution < 1.29 is 4.79 Å². The number of aromatic nitrogens is 1. The summed E-state index contributed by atoms with van der Waals surface area (Å²) in [6, 6.07) is 19.5. The summed E-state index contributed by atoms with van der Waals surface area (Å²) in [5, 5.41) is 4.60. The lowest BCUT2D eigenvalue weighted by atomic mass is 10.0. The molecule has 0 bridgehead atoms. The molecule has 158 valence electrons. The topological polar surface area (TPSA) is 37.3 Å². The maximum absolute atomic E-state index is 12.5. The van der Waals surface area contributed by atoms with E-state index in [1.54, 1.807) is 0 Å². The van der Waals surface area contributed by atoms with E-state index in [4.69, 9.17) is 0 Å². The van der Waals surface area contributed by atoms with Crippen LogP contribution in [0.3, 0.4) is 0 Å². The van der Waals surface area contributed by atoms with Crippen molar-refractivity contribution in [2.45, 2.75) is 58.2 Å². The molecule has 1 amide bonds. The molecule has 2 aromatic carbocycles. The number of hydrogen-bond donors (Lipinski definition) is 1. The van der Waals surface area contributed by atoms with Crippen LogP contribution in [0.25, 0.3) is 10.9 Å². The third-order valence-electron chi connectivity index (χ3n) is 6.26. The second-order valence-corrected chi connectivity index (χ2v) is 8.41. The molecule has 2 heterocycles. The minimum absolute atomic E-state index is 0.204. The third-order valence-corrected chi connectivity index (χ3v) is 6.26. The molecule has 1 aliphatic heterocycles. The summed E-state index contributed by atoms with van der Waals surface area (Å²) in [7, 11) is 0. The average molecular weight is 404 g/mol. The number of rotatable bonds is 8. The van der Waals surface area contributed by atoms with Crippen LogP contribution < -0.4 is 5.32 Å². The number of likely N-dealkylation sites (tertiary alicyclic amines) is 1. The molecule has 1 N–H and O–H groups in total. The highest BCUT2D eigenvalue weighted by atomic mass is 16.1. The minimum Gasteiger partial charge on any atom is -0.353 e. The van der Waals surface area contributed by atoms with Crippen LogP contribution in [-0.2, 0) is 24.3 Å². The maximum Gasteiger partial charge on any atom is 0.220 e. The van der Waals surface area contributed by atoms with Crippen molar-refractivity contribution in [3.8, 4) is 0 Å². The van der Waals surface area contributed by atoms with Gasteiger partial charge in [-0.2, -0.15) is 0 Å². The Morgan fingerprint density at radius 1 is 1.03 bits per heavy atom. The Bertz CT molecular complexity index is 955. The smallest absolute Gasteiger partial charge is 0.220 e. The van der Waals surface area contributed by atoms with Gasteiger partial charge in [0.05, 0.1) is 0 Å². The Balaban J connectivity index is 1.20. The zero-order valence-corrected chi connectivity index (χ0v) is 18.0. The number of carbonyl (C=O) groups is 1. The zero-order valence-electron chi connectivity index (χ0n) is 18.0. The van der Waals surface area contributed by atoms with E-state index in [1.807, 2.05) is 0 Å².